The first-order valence-corrected chi connectivity index (χ1v) is 9.01. The van der Waals surface area contributed by atoms with Crippen LogP contribution in [0.25, 0.3) is 0 Å². The minimum absolute atomic E-state index is 0.0256. The lowest BCUT2D eigenvalue weighted by Gasteiger charge is -2.48. The molecule has 132 valence electrons. The Kier molecular flexibility index (Phi) is 3.03. The van der Waals surface area contributed by atoms with Crippen LogP contribution in [0, 0.1) is 34.5 Å². The van der Waals surface area contributed by atoms with E-state index in [1.165, 1.54) is 0 Å². The van der Waals surface area contributed by atoms with Crippen molar-refractivity contribution >= 4 is 5.78 Å². The number of hydrogen-bond acceptors (Lipinski definition) is 4. The molecule has 4 rings (SSSR count). The number of carbonyl (C=O) groups is 1. The molecule has 0 heterocycles. The fraction of sp³-hybridized carbons (Fsp3) is 0.750. The Morgan fingerprint density at radius 1 is 1.12 bits per heavy atom. The van der Waals surface area contributed by atoms with Crippen LogP contribution in [-0.2, 0) is 4.79 Å². The topological polar surface area (TPSA) is 77.8 Å². The van der Waals surface area contributed by atoms with Crippen molar-refractivity contribution in [3.05, 3.63) is 23.3 Å². The molecule has 4 aliphatic carbocycles. The van der Waals surface area contributed by atoms with Gasteiger partial charge in [0.2, 0.25) is 0 Å². The van der Waals surface area contributed by atoms with Gasteiger partial charge in [-0.2, -0.15) is 0 Å². The third kappa shape index (κ3) is 1.50. The molecule has 3 N–H and O–H groups in total. The molecule has 4 heteroatoms. The summed E-state index contributed by atoms with van der Waals surface area (Å²) in [7, 11) is 0. The van der Waals surface area contributed by atoms with E-state index in [2.05, 4.69) is 13.8 Å². The summed E-state index contributed by atoms with van der Waals surface area (Å²) < 4.78 is 0. The minimum Gasteiger partial charge on any atom is -0.386 e. The van der Waals surface area contributed by atoms with Crippen molar-refractivity contribution in [2.45, 2.75) is 58.8 Å². The molecule has 0 amide bonds. The molecule has 4 nitrogen and oxygen atoms in total. The Bertz CT molecular complexity index is 690. The van der Waals surface area contributed by atoms with E-state index in [0.717, 1.165) is 6.42 Å². The van der Waals surface area contributed by atoms with Gasteiger partial charge in [-0.25, -0.2) is 0 Å². The zero-order chi connectivity index (χ0) is 17.8. The number of rotatable bonds is 0. The second kappa shape index (κ2) is 4.40. The number of carbonyl (C=O) groups excluding carboxylic acids is 1. The van der Waals surface area contributed by atoms with Crippen LogP contribution >= 0.6 is 0 Å². The van der Waals surface area contributed by atoms with Crippen LogP contribution in [0.5, 0.6) is 0 Å². The van der Waals surface area contributed by atoms with Crippen LogP contribution in [0.2, 0.25) is 0 Å². The summed E-state index contributed by atoms with van der Waals surface area (Å²) >= 11 is 0. The number of fused-ring (bicyclic) bond motifs is 3. The smallest absolute Gasteiger partial charge is 0.153 e. The SMILES string of the molecule is CC1=C[C@@H]2C(=O)[C@@]3(C=C(C)[C@H](O)[C@@]3(O)[C@@H]1O)[C@H](C)C[C@@H]1[C@H]2C1(C)C. The van der Waals surface area contributed by atoms with E-state index >= 15 is 0 Å². The Morgan fingerprint density at radius 3 is 2.33 bits per heavy atom. The van der Waals surface area contributed by atoms with E-state index in [9.17, 15) is 20.1 Å². The van der Waals surface area contributed by atoms with Gasteiger partial charge in [0.25, 0.3) is 0 Å². The lowest BCUT2D eigenvalue weighted by Crippen LogP contribution is -2.64. The van der Waals surface area contributed by atoms with Gasteiger partial charge < -0.3 is 15.3 Å². The molecule has 24 heavy (non-hydrogen) atoms. The molecule has 2 saturated carbocycles. The summed E-state index contributed by atoms with van der Waals surface area (Å²) in [5.74, 6) is 0.240. The normalized spacial score (nSPS) is 54.9. The van der Waals surface area contributed by atoms with Gasteiger partial charge in [-0.1, -0.05) is 32.9 Å². The average molecular weight is 332 g/mol. The zero-order valence-electron chi connectivity index (χ0n) is 15.1. The monoisotopic (exact) mass is 332 g/mol. The molecule has 0 aromatic heterocycles. The average Bonchev–Trinajstić information content (AvgIpc) is 3.01. The van der Waals surface area contributed by atoms with Crippen LogP contribution in [0.4, 0.5) is 0 Å². The summed E-state index contributed by atoms with van der Waals surface area (Å²) in [5, 5.41) is 33.2. The van der Waals surface area contributed by atoms with Gasteiger partial charge in [0, 0.05) is 5.92 Å². The third-order valence-corrected chi connectivity index (χ3v) is 7.88. The summed E-state index contributed by atoms with van der Waals surface area (Å²) in [6.07, 6.45) is 2.01. The number of aliphatic hydroxyl groups excluding tert-OH is 2. The highest BCUT2D eigenvalue weighted by atomic mass is 16.4. The van der Waals surface area contributed by atoms with Crippen LogP contribution in [0.15, 0.2) is 23.3 Å². The highest BCUT2D eigenvalue weighted by molar-refractivity contribution is 5.95. The second-order valence-corrected chi connectivity index (χ2v) is 9.28. The van der Waals surface area contributed by atoms with Crippen molar-refractivity contribution in [1.82, 2.24) is 0 Å². The highest BCUT2D eigenvalue weighted by Crippen LogP contribution is 2.71. The lowest BCUT2D eigenvalue weighted by molar-refractivity contribution is -0.189. The summed E-state index contributed by atoms with van der Waals surface area (Å²) in [5.41, 5.74) is -1.80. The number of hydrogen-bond donors (Lipinski definition) is 3. The second-order valence-electron chi connectivity index (χ2n) is 9.28. The van der Waals surface area contributed by atoms with Crippen molar-refractivity contribution in [1.29, 1.82) is 0 Å². The van der Waals surface area contributed by atoms with Gasteiger partial charge in [-0.05, 0) is 54.6 Å². The molecule has 0 aromatic carbocycles. The minimum atomic E-state index is -1.87. The summed E-state index contributed by atoms with van der Waals surface area (Å²) in [4.78, 5) is 13.7. The predicted molar refractivity (Wildman–Crippen MR) is 89.9 cm³/mol. The lowest BCUT2D eigenvalue weighted by atomic mass is 9.59. The van der Waals surface area contributed by atoms with E-state index < -0.39 is 23.2 Å². The maximum Gasteiger partial charge on any atom is 0.153 e. The van der Waals surface area contributed by atoms with Crippen LogP contribution in [0.1, 0.15) is 41.0 Å². The van der Waals surface area contributed by atoms with Crippen LogP contribution in [-0.4, -0.2) is 38.9 Å². The van der Waals surface area contributed by atoms with Gasteiger partial charge in [0.15, 0.2) is 5.78 Å². The summed E-state index contributed by atoms with van der Waals surface area (Å²) in [6.45, 7) is 9.91. The van der Waals surface area contributed by atoms with E-state index in [0.29, 0.717) is 17.1 Å². The van der Waals surface area contributed by atoms with Crippen LogP contribution < -0.4 is 0 Å². The first kappa shape index (κ1) is 16.5. The van der Waals surface area contributed by atoms with Gasteiger partial charge in [-0.3, -0.25) is 4.79 Å². The molecule has 0 aromatic rings. The molecule has 0 unspecified atom stereocenters. The number of allylic oxidation sites excluding steroid dienone is 1. The Hall–Kier alpha value is -0.970. The van der Waals surface area contributed by atoms with E-state index in [1.807, 2.05) is 13.0 Å². The molecule has 1 spiro atoms. The van der Waals surface area contributed by atoms with Gasteiger partial charge in [-0.15, -0.1) is 0 Å². The van der Waals surface area contributed by atoms with Crippen molar-refractivity contribution in [2.24, 2.45) is 34.5 Å². The first-order valence-electron chi connectivity index (χ1n) is 9.01. The fourth-order valence-corrected chi connectivity index (χ4v) is 6.41. The van der Waals surface area contributed by atoms with E-state index in [1.54, 1.807) is 19.9 Å². The Labute approximate surface area is 143 Å². The number of Topliss-reactive ketones (excluding diaryl/α,β-unsaturated/α-hetero) is 1. The number of ketones is 1. The molecule has 8 atom stereocenters. The molecular weight excluding hydrogens is 304 g/mol. The molecule has 2 bridgehead atoms. The maximum absolute atomic E-state index is 13.7. The molecule has 0 saturated heterocycles. The van der Waals surface area contributed by atoms with Crippen LogP contribution in [0.3, 0.4) is 0 Å². The van der Waals surface area contributed by atoms with Crippen molar-refractivity contribution in [3.8, 4) is 0 Å². The standard InChI is InChI=1S/C20H28O4/c1-9-6-12-14-13(18(14,4)5)7-11(3)19(17(12)23)8-10(2)16(22)20(19,24)15(9)21/h6,8,11-16,21-22,24H,7H2,1-5H3/t11-,12+,13-,14+,15-,16+,19-,20+/m1/s1. The predicted octanol–water partition coefficient (Wildman–Crippen LogP) is 1.84. The third-order valence-electron chi connectivity index (χ3n) is 7.88. The first-order chi connectivity index (χ1) is 11.0. The Balaban J connectivity index is 1.99. The molecular formula is C20H28O4. The van der Waals surface area contributed by atoms with E-state index in [4.69, 9.17) is 0 Å². The quantitative estimate of drug-likeness (QED) is 0.592. The molecule has 0 radical (unpaired) electrons. The van der Waals surface area contributed by atoms with Gasteiger partial charge >= 0.3 is 0 Å². The number of aliphatic hydroxyl groups is 3. The van der Waals surface area contributed by atoms with Gasteiger partial charge in [0.05, 0.1) is 5.41 Å². The Morgan fingerprint density at radius 2 is 1.71 bits per heavy atom. The van der Waals surface area contributed by atoms with Crippen molar-refractivity contribution in [3.63, 3.8) is 0 Å². The highest BCUT2D eigenvalue weighted by Gasteiger charge is 2.75. The van der Waals surface area contributed by atoms with Crippen molar-refractivity contribution in [2.75, 3.05) is 0 Å². The molecule has 2 fully saturated rings. The van der Waals surface area contributed by atoms with E-state index in [-0.39, 0.29) is 29.0 Å². The van der Waals surface area contributed by atoms with Gasteiger partial charge in [0.1, 0.15) is 17.8 Å². The van der Waals surface area contributed by atoms with Crippen molar-refractivity contribution < 1.29 is 20.1 Å². The fourth-order valence-electron chi connectivity index (χ4n) is 6.41. The summed E-state index contributed by atoms with van der Waals surface area (Å²) in [6, 6.07) is 0. The largest absolute Gasteiger partial charge is 0.386 e. The molecule has 4 aliphatic rings. The molecule has 0 aliphatic heterocycles. The zero-order valence-corrected chi connectivity index (χ0v) is 15.1. The maximum atomic E-state index is 13.7.